The van der Waals surface area contributed by atoms with Crippen LogP contribution in [-0.2, 0) is 14.4 Å². The monoisotopic (exact) mass is 574 g/mol. The molecule has 43 heavy (non-hydrogen) atoms. The fraction of sp³-hybridized carbons (Fsp3) is 0.182. The van der Waals surface area contributed by atoms with Crippen molar-refractivity contribution in [2.45, 2.75) is 12.8 Å². The number of rotatable bonds is 3. The zero-order valence-corrected chi connectivity index (χ0v) is 22.7. The molecule has 10 heteroatoms. The number of benzene rings is 4. The van der Waals surface area contributed by atoms with Gasteiger partial charge in [-0.05, 0) is 41.1 Å². The van der Waals surface area contributed by atoms with Crippen LogP contribution in [0, 0.1) is 34.8 Å². The van der Waals surface area contributed by atoms with Crippen LogP contribution in [0.15, 0.2) is 78.9 Å². The Morgan fingerprint density at radius 1 is 0.884 bits per heavy atom. The number of fused-ring (bicyclic) bond motifs is 8. The number of amides is 2. The lowest BCUT2D eigenvalue weighted by Crippen LogP contribution is -2.42. The van der Waals surface area contributed by atoms with E-state index in [9.17, 15) is 24.5 Å². The van der Waals surface area contributed by atoms with E-state index in [1.807, 2.05) is 48.5 Å². The Kier molecular flexibility index (Phi) is 5.27. The summed E-state index contributed by atoms with van der Waals surface area (Å²) in [6.45, 7) is 1.75. The Morgan fingerprint density at radius 3 is 2.51 bits per heavy atom. The van der Waals surface area contributed by atoms with Crippen LogP contribution in [0.1, 0.15) is 22.6 Å². The molecule has 1 saturated heterocycles. The van der Waals surface area contributed by atoms with E-state index >= 15 is 0 Å². The molecule has 8 rings (SSSR count). The van der Waals surface area contributed by atoms with Crippen molar-refractivity contribution in [2.75, 3.05) is 11.7 Å². The molecule has 0 radical (unpaired) electrons. The van der Waals surface area contributed by atoms with Crippen LogP contribution in [0.3, 0.4) is 0 Å². The van der Waals surface area contributed by atoms with Crippen molar-refractivity contribution in [3.8, 4) is 17.2 Å². The lowest BCUT2D eigenvalue weighted by molar-refractivity contribution is -0.384. The van der Waals surface area contributed by atoms with Gasteiger partial charge in [0.05, 0.1) is 28.4 Å². The second-order valence-electron chi connectivity index (χ2n) is 11.1. The van der Waals surface area contributed by atoms with E-state index in [-0.39, 0.29) is 18.2 Å². The highest BCUT2D eigenvalue weighted by molar-refractivity contribution is 6.25. The van der Waals surface area contributed by atoms with Gasteiger partial charge in [-0.1, -0.05) is 54.6 Å². The molecule has 0 aromatic heterocycles. The van der Waals surface area contributed by atoms with E-state index in [4.69, 9.17) is 14.2 Å². The average Bonchev–Trinajstić information content (AvgIpc) is 3.58. The second-order valence-corrected chi connectivity index (χ2v) is 11.1. The number of hydrogen-bond donors (Lipinski definition) is 0. The molecule has 0 bridgehead atoms. The van der Waals surface area contributed by atoms with Crippen LogP contribution >= 0.6 is 0 Å². The van der Waals surface area contributed by atoms with E-state index in [0.29, 0.717) is 39.5 Å². The van der Waals surface area contributed by atoms with Crippen LogP contribution in [-0.4, -0.2) is 29.5 Å². The molecule has 10 nitrogen and oxygen atoms in total. The van der Waals surface area contributed by atoms with Crippen molar-refractivity contribution < 1.29 is 33.5 Å². The van der Waals surface area contributed by atoms with Gasteiger partial charge in [0.15, 0.2) is 11.5 Å². The van der Waals surface area contributed by atoms with Crippen molar-refractivity contribution in [3.05, 3.63) is 106 Å². The second kappa shape index (κ2) is 8.99. The topological polar surface area (TPSA) is 125 Å². The minimum Gasteiger partial charge on any atom is -0.454 e. The van der Waals surface area contributed by atoms with E-state index in [2.05, 4.69) is 0 Å². The highest BCUT2D eigenvalue weighted by Gasteiger charge is 2.60. The van der Waals surface area contributed by atoms with Crippen LogP contribution in [0.4, 0.5) is 11.4 Å². The number of aryl methyl sites for hydroxylation is 1. The maximum absolute atomic E-state index is 14.3. The standard InChI is InChI=1S/C33H22N2O8/c1-16-6-9-19(35(39)40)13-24(16)34-31(36)27-22(18-8-11-25-26(12-18)42-15-41-25)14-23-21-10-7-17-4-2-3-5-20(17)30(21)43-33(38)28(23)29(27)32(34)37/h2-14,22,27-29H,15H2,1H3/t22-,27+,28-,29+/m1/s1. The maximum atomic E-state index is 14.3. The summed E-state index contributed by atoms with van der Waals surface area (Å²) in [5.41, 5.74) is 2.39. The highest BCUT2D eigenvalue weighted by atomic mass is 16.7. The number of hydrogen-bond acceptors (Lipinski definition) is 8. The third kappa shape index (κ3) is 3.56. The average molecular weight is 575 g/mol. The number of carbonyl (C=O) groups excluding carboxylic acids is 3. The summed E-state index contributed by atoms with van der Waals surface area (Å²) in [6.07, 6.45) is 1.90. The summed E-state index contributed by atoms with van der Waals surface area (Å²) in [4.78, 5) is 54.5. The number of non-ortho nitro benzene ring substituents is 1. The molecule has 0 spiro atoms. The smallest absolute Gasteiger partial charge is 0.319 e. The van der Waals surface area contributed by atoms with Crippen LogP contribution in [0.5, 0.6) is 17.2 Å². The third-order valence-electron chi connectivity index (χ3n) is 8.91. The van der Waals surface area contributed by atoms with Gasteiger partial charge in [0.2, 0.25) is 18.6 Å². The number of nitro groups is 1. The van der Waals surface area contributed by atoms with E-state index in [1.54, 1.807) is 19.1 Å². The normalized spacial score (nSPS) is 23.4. The van der Waals surface area contributed by atoms with Gasteiger partial charge in [0.1, 0.15) is 5.75 Å². The summed E-state index contributed by atoms with van der Waals surface area (Å²) in [5.74, 6) is -3.95. The molecule has 4 aromatic rings. The van der Waals surface area contributed by atoms with Gasteiger partial charge >= 0.3 is 5.97 Å². The molecule has 4 atom stereocenters. The van der Waals surface area contributed by atoms with Crippen molar-refractivity contribution in [1.82, 2.24) is 0 Å². The largest absolute Gasteiger partial charge is 0.454 e. The van der Waals surface area contributed by atoms with Crippen molar-refractivity contribution in [2.24, 2.45) is 17.8 Å². The van der Waals surface area contributed by atoms with Gasteiger partial charge in [-0.3, -0.25) is 24.5 Å². The Morgan fingerprint density at radius 2 is 1.67 bits per heavy atom. The summed E-state index contributed by atoms with van der Waals surface area (Å²) in [7, 11) is 0. The summed E-state index contributed by atoms with van der Waals surface area (Å²) in [5, 5.41) is 13.2. The molecule has 0 unspecified atom stereocenters. The molecular weight excluding hydrogens is 552 g/mol. The van der Waals surface area contributed by atoms with Crippen LogP contribution in [0.25, 0.3) is 16.3 Å². The first kappa shape index (κ1) is 25.2. The predicted molar refractivity (Wildman–Crippen MR) is 154 cm³/mol. The minimum absolute atomic E-state index is 0.0716. The first-order valence-corrected chi connectivity index (χ1v) is 13.8. The number of nitro benzene ring substituents is 1. The fourth-order valence-electron chi connectivity index (χ4n) is 6.92. The van der Waals surface area contributed by atoms with Crippen molar-refractivity contribution >= 4 is 45.5 Å². The zero-order chi connectivity index (χ0) is 29.6. The van der Waals surface area contributed by atoms with Crippen molar-refractivity contribution in [1.29, 1.82) is 0 Å². The van der Waals surface area contributed by atoms with Gasteiger partial charge in [0, 0.05) is 29.0 Å². The SMILES string of the molecule is Cc1ccc([N+](=O)[O-])cc1N1C(=O)[C@@H]2[C@@H]3C(=O)Oc4c(ccc5ccccc45)C3=C[C@H](c3ccc4c(c3)OCO4)[C@@H]2C1=O. The number of carbonyl (C=O) groups is 3. The number of allylic oxidation sites excluding steroid dienone is 1. The molecule has 3 aliphatic heterocycles. The van der Waals surface area contributed by atoms with Crippen LogP contribution < -0.4 is 19.1 Å². The number of ether oxygens (including phenoxy) is 3. The summed E-state index contributed by atoms with van der Waals surface area (Å²) >= 11 is 0. The Balaban J connectivity index is 1.34. The van der Waals surface area contributed by atoms with Crippen molar-refractivity contribution in [3.63, 3.8) is 0 Å². The molecule has 0 saturated carbocycles. The lowest BCUT2D eigenvalue weighted by Gasteiger charge is -2.38. The van der Waals surface area contributed by atoms with Gasteiger partial charge in [-0.15, -0.1) is 0 Å². The Hall–Kier alpha value is -5.51. The number of anilines is 1. The molecule has 3 heterocycles. The van der Waals surface area contributed by atoms with E-state index in [0.717, 1.165) is 15.7 Å². The number of imide groups is 1. The molecule has 4 aromatic carbocycles. The first-order chi connectivity index (χ1) is 20.8. The molecule has 1 aliphatic carbocycles. The lowest BCUT2D eigenvalue weighted by atomic mass is 9.64. The Bertz CT molecular complexity index is 1980. The first-order valence-electron chi connectivity index (χ1n) is 13.8. The molecule has 0 N–H and O–H groups in total. The minimum atomic E-state index is -1.09. The number of esters is 1. The molecule has 4 aliphatic rings. The summed E-state index contributed by atoms with van der Waals surface area (Å²) in [6, 6.07) is 20.8. The van der Waals surface area contributed by atoms with Crippen LogP contribution in [0.2, 0.25) is 0 Å². The molecule has 1 fully saturated rings. The fourth-order valence-corrected chi connectivity index (χ4v) is 6.92. The summed E-state index contributed by atoms with van der Waals surface area (Å²) < 4.78 is 17.0. The molecular formula is C33H22N2O8. The quantitative estimate of drug-likeness (QED) is 0.106. The molecule has 212 valence electrons. The van der Waals surface area contributed by atoms with Gasteiger partial charge < -0.3 is 14.2 Å². The molecule has 2 amide bonds. The van der Waals surface area contributed by atoms with Gasteiger partial charge in [0.25, 0.3) is 5.69 Å². The highest BCUT2D eigenvalue weighted by Crippen LogP contribution is 2.56. The van der Waals surface area contributed by atoms with Gasteiger partial charge in [-0.25, -0.2) is 4.90 Å². The van der Waals surface area contributed by atoms with Gasteiger partial charge in [-0.2, -0.15) is 0 Å². The zero-order valence-electron chi connectivity index (χ0n) is 22.7. The third-order valence-corrected chi connectivity index (χ3v) is 8.91. The van der Waals surface area contributed by atoms with E-state index < -0.39 is 46.4 Å². The number of nitrogens with zero attached hydrogens (tertiary/aromatic N) is 2. The van der Waals surface area contributed by atoms with E-state index in [1.165, 1.54) is 18.2 Å². The maximum Gasteiger partial charge on any atom is 0.319 e. The predicted octanol–water partition coefficient (Wildman–Crippen LogP) is 5.31. The Labute approximate surface area is 244 Å².